The van der Waals surface area contributed by atoms with Gasteiger partial charge in [-0.15, -0.1) is 0 Å². The maximum Gasteiger partial charge on any atom is 0.233 e. The van der Waals surface area contributed by atoms with Crippen LogP contribution < -0.4 is 0 Å². The molecule has 6 heteroatoms. The van der Waals surface area contributed by atoms with Crippen molar-refractivity contribution in [1.29, 1.82) is 0 Å². The number of aliphatic hydroxyl groups excluding tert-OH is 1. The minimum atomic E-state index is -0.371. The molecule has 1 fully saturated rings. The van der Waals surface area contributed by atoms with Crippen molar-refractivity contribution >= 4 is 27.7 Å². The highest BCUT2D eigenvalue weighted by Crippen LogP contribution is 2.31. The van der Waals surface area contributed by atoms with Crippen LogP contribution in [0.5, 0.6) is 0 Å². The van der Waals surface area contributed by atoms with Gasteiger partial charge < -0.3 is 9.63 Å². The van der Waals surface area contributed by atoms with Crippen molar-refractivity contribution < 1.29 is 9.63 Å². The Morgan fingerprint density at radius 2 is 2.32 bits per heavy atom. The van der Waals surface area contributed by atoms with Gasteiger partial charge in [-0.05, 0) is 17.7 Å². The van der Waals surface area contributed by atoms with Crippen LogP contribution in [0.25, 0.3) is 0 Å². The number of benzene rings is 1. The third kappa shape index (κ3) is 3.01. The second-order valence-electron chi connectivity index (χ2n) is 4.57. The second-order valence-corrected chi connectivity index (χ2v) is 6.56. The maximum absolute atomic E-state index is 9.82. The second kappa shape index (κ2) is 5.64. The summed E-state index contributed by atoms with van der Waals surface area (Å²) in [5.74, 6) is 2.79. The van der Waals surface area contributed by atoms with Crippen molar-refractivity contribution in [1.82, 2.24) is 10.1 Å². The van der Waals surface area contributed by atoms with Crippen LogP contribution in [0.1, 0.15) is 23.2 Å². The lowest BCUT2D eigenvalue weighted by molar-refractivity contribution is 0.164. The minimum Gasteiger partial charge on any atom is -0.391 e. The van der Waals surface area contributed by atoms with E-state index >= 15 is 0 Å². The molecule has 0 amide bonds. The molecule has 2 heterocycles. The van der Waals surface area contributed by atoms with Gasteiger partial charge in [-0.1, -0.05) is 33.2 Å². The molecule has 2 aromatic rings. The SMILES string of the molecule is OC1CSCC1c1nc(Cc2cccc(Br)c2)no1. The largest absolute Gasteiger partial charge is 0.391 e. The summed E-state index contributed by atoms with van der Waals surface area (Å²) in [6, 6.07) is 8.03. The highest BCUT2D eigenvalue weighted by molar-refractivity contribution is 9.10. The van der Waals surface area contributed by atoms with Crippen LogP contribution in [0.4, 0.5) is 0 Å². The Morgan fingerprint density at radius 3 is 3.05 bits per heavy atom. The first kappa shape index (κ1) is 13.1. The number of aromatic nitrogens is 2. The summed E-state index contributed by atoms with van der Waals surface area (Å²) in [5, 5.41) is 13.8. The van der Waals surface area contributed by atoms with E-state index in [1.54, 1.807) is 11.8 Å². The molecule has 1 aliphatic heterocycles. The number of rotatable bonds is 3. The van der Waals surface area contributed by atoms with Crippen LogP contribution in [-0.4, -0.2) is 32.9 Å². The fraction of sp³-hybridized carbons (Fsp3) is 0.385. The molecule has 0 bridgehead atoms. The third-order valence-electron chi connectivity index (χ3n) is 3.10. The monoisotopic (exact) mass is 340 g/mol. The highest BCUT2D eigenvalue weighted by Gasteiger charge is 2.31. The smallest absolute Gasteiger partial charge is 0.233 e. The molecule has 3 rings (SSSR count). The number of halogens is 1. The lowest BCUT2D eigenvalue weighted by Crippen LogP contribution is -2.15. The van der Waals surface area contributed by atoms with Crippen LogP contribution in [0.3, 0.4) is 0 Å². The maximum atomic E-state index is 9.82. The van der Waals surface area contributed by atoms with Gasteiger partial charge in [-0.3, -0.25) is 0 Å². The summed E-state index contributed by atoms with van der Waals surface area (Å²) in [7, 11) is 0. The Labute approximate surface area is 123 Å². The molecule has 1 aromatic carbocycles. The predicted octanol–water partition coefficient (Wildman–Crippen LogP) is 2.61. The average molecular weight is 341 g/mol. The summed E-state index contributed by atoms with van der Waals surface area (Å²) < 4.78 is 6.31. The Kier molecular flexibility index (Phi) is 3.91. The molecule has 0 radical (unpaired) electrons. The third-order valence-corrected chi connectivity index (χ3v) is 4.77. The highest BCUT2D eigenvalue weighted by atomic mass is 79.9. The Bertz CT molecular complexity index is 575. The first-order chi connectivity index (χ1) is 9.22. The molecule has 1 N–H and O–H groups in total. The van der Waals surface area contributed by atoms with Gasteiger partial charge in [0, 0.05) is 22.4 Å². The zero-order valence-corrected chi connectivity index (χ0v) is 12.5. The zero-order chi connectivity index (χ0) is 13.2. The van der Waals surface area contributed by atoms with Crippen molar-refractivity contribution in [3.05, 3.63) is 46.0 Å². The van der Waals surface area contributed by atoms with Gasteiger partial charge in [0.05, 0.1) is 12.0 Å². The summed E-state index contributed by atoms with van der Waals surface area (Å²) >= 11 is 5.16. The molecule has 2 unspecified atom stereocenters. The minimum absolute atomic E-state index is 0.0197. The van der Waals surface area contributed by atoms with Crippen molar-refractivity contribution in [2.75, 3.05) is 11.5 Å². The molecule has 19 heavy (non-hydrogen) atoms. The van der Waals surface area contributed by atoms with E-state index in [2.05, 4.69) is 26.1 Å². The van der Waals surface area contributed by atoms with Crippen molar-refractivity contribution in [2.24, 2.45) is 0 Å². The molecule has 0 aliphatic carbocycles. The molecule has 4 nitrogen and oxygen atoms in total. The number of hydrogen-bond acceptors (Lipinski definition) is 5. The quantitative estimate of drug-likeness (QED) is 0.930. The van der Waals surface area contributed by atoms with Crippen molar-refractivity contribution in [3.8, 4) is 0 Å². The molecular weight excluding hydrogens is 328 g/mol. The Morgan fingerprint density at radius 1 is 1.42 bits per heavy atom. The van der Waals surface area contributed by atoms with Gasteiger partial charge in [0.1, 0.15) is 0 Å². The number of aliphatic hydroxyl groups is 1. The molecular formula is C13H13BrN2O2S. The Hall–Kier alpha value is -0.850. The van der Waals surface area contributed by atoms with Gasteiger partial charge in [0.15, 0.2) is 5.82 Å². The average Bonchev–Trinajstić information content (AvgIpc) is 2.98. The van der Waals surface area contributed by atoms with Gasteiger partial charge >= 0.3 is 0 Å². The standard InChI is InChI=1S/C13H13BrN2O2S/c14-9-3-1-2-8(4-9)5-12-15-13(18-16-12)10-6-19-7-11(10)17/h1-4,10-11,17H,5-7H2. The number of thioether (sulfide) groups is 1. The van der Waals surface area contributed by atoms with Crippen molar-refractivity contribution in [2.45, 2.75) is 18.4 Å². The summed E-state index contributed by atoms with van der Waals surface area (Å²) in [6.45, 7) is 0. The summed E-state index contributed by atoms with van der Waals surface area (Å²) in [5.41, 5.74) is 1.13. The van der Waals surface area contributed by atoms with E-state index in [4.69, 9.17) is 4.52 Å². The van der Waals surface area contributed by atoms with Crippen LogP contribution in [0.2, 0.25) is 0 Å². The zero-order valence-electron chi connectivity index (χ0n) is 10.1. The fourth-order valence-electron chi connectivity index (χ4n) is 2.10. The topological polar surface area (TPSA) is 59.2 Å². The van der Waals surface area contributed by atoms with Crippen molar-refractivity contribution in [3.63, 3.8) is 0 Å². The number of nitrogens with zero attached hydrogens (tertiary/aromatic N) is 2. The Balaban J connectivity index is 1.74. The lowest BCUT2D eigenvalue weighted by Gasteiger charge is -2.06. The van der Waals surface area contributed by atoms with E-state index in [9.17, 15) is 5.11 Å². The van der Waals surface area contributed by atoms with Crippen LogP contribution in [0, 0.1) is 0 Å². The van der Waals surface area contributed by atoms with Crippen LogP contribution >= 0.6 is 27.7 Å². The van der Waals surface area contributed by atoms with E-state index in [0.717, 1.165) is 21.5 Å². The van der Waals surface area contributed by atoms with Gasteiger partial charge in [-0.2, -0.15) is 16.7 Å². The predicted molar refractivity (Wildman–Crippen MR) is 77.3 cm³/mol. The molecule has 2 atom stereocenters. The van der Waals surface area contributed by atoms with Crippen LogP contribution in [-0.2, 0) is 6.42 Å². The van der Waals surface area contributed by atoms with Gasteiger partial charge in [0.2, 0.25) is 5.89 Å². The molecule has 0 spiro atoms. The van der Waals surface area contributed by atoms with Gasteiger partial charge in [-0.25, -0.2) is 0 Å². The molecule has 1 saturated heterocycles. The van der Waals surface area contributed by atoms with E-state index in [0.29, 0.717) is 18.1 Å². The fourth-order valence-corrected chi connectivity index (χ4v) is 3.77. The first-order valence-corrected chi connectivity index (χ1v) is 8.00. The van der Waals surface area contributed by atoms with E-state index < -0.39 is 0 Å². The first-order valence-electron chi connectivity index (χ1n) is 6.05. The van der Waals surface area contributed by atoms with E-state index in [1.807, 2.05) is 24.3 Å². The molecule has 1 aromatic heterocycles. The normalized spacial score (nSPS) is 22.8. The molecule has 0 saturated carbocycles. The van der Waals surface area contributed by atoms with Crippen LogP contribution in [0.15, 0.2) is 33.3 Å². The summed E-state index contributed by atoms with van der Waals surface area (Å²) in [6.07, 6.45) is 0.267. The molecule has 1 aliphatic rings. The lowest BCUT2D eigenvalue weighted by atomic mass is 10.1. The van der Waals surface area contributed by atoms with E-state index in [-0.39, 0.29) is 12.0 Å². The summed E-state index contributed by atoms with van der Waals surface area (Å²) in [4.78, 5) is 4.40. The van der Waals surface area contributed by atoms with E-state index in [1.165, 1.54) is 0 Å². The number of hydrogen-bond donors (Lipinski definition) is 1. The van der Waals surface area contributed by atoms with Gasteiger partial charge in [0.25, 0.3) is 0 Å². The molecule has 100 valence electrons.